The lowest BCUT2D eigenvalue weighted by Gasteiger charge is -2.55. The Kier molecular flexibility index (Phi) is 7.15. The maximum absolute atomic E-state index is 14.7. The number of aromatic hydroxyl groups is 2. The smallest absolute Gasteiger partial charge is 0.331 e. The first-order valence-electron chi connectivity index (χ1n) is 18.1. The van der Waals surface area contributed by atoms with Crippen molar-refractivity contribution in [1.29, 1.82) is 0 Å². The van der Waals surface area contributed by atoms with E-state index in [1.165, 1.54) is 32.9 Å². The molecule has 11 rings (SSSR count). The maximum Gasteiger partial charge on any atom is 0.331 e. The number of rotatable bonds is 3. The van der Waals surface area contributed by atoms with Gasteiger partial charge >= 0.3 is 11.9 Å². The number of carbonyl (C=O) groups excluding carboxylic acids is 2. The van der Waals surface area contributed by atoms with Crippen LogP contribution in [-0.2, 0) is 31.8 Å². The van der Waals surface area contributed by atoms with E-state index in [4.69, 9.17) is 28.4 Å². The van der Waals surface area contributed by atoms with E-state index in [0.29, 0.717) is 58.2 Å². The first kappa shape index (κ1) is 34.1. The molecule has 3 aromatic rings. The fraction of sp³-hybridized carbons (Fsp3) is 0.487. The van der Waals surface area contributed by atoms with Gasteiger partial charge in [0, 0.05) is 47.5 Å². The van der Waals surface area contributed by atoms with Gasteiger partial charge < -0.3 is 43.7 Å². The van der Waals surface area contributed by atoms with E-state index in [2.05, 4.69) is 23.2 Å². The zero-order valence-electron chi connectivity index (χ0n) is 30.6. The summed E-state index contributed by atoms with van der Waals surface area (Å²) in [5.74, 6) is 1.01. The number of fused-ring (bicyclic) bond motifs is 9. The van der Waals surface area contributed by atoms with Crippen molar-refractivity contribution in [1.82, 2.24) is 15.1 Å². The molecule has 0 saturated carbocycles. The number of hydrogen-bond acceptors (Lipinski definition) is 15. The quantitative estimate of drug-likeness (QED) is 0.174. The molecule has 8 aliphatic heterocycles. The van der Waals surface area contributed by atoms with Crippen LogP contribution in [0.5, 0.6) is 40.2 Å². The maximum atomic E-state index is 14.7. The molecule has 14 nitrogen and oxygen atoms in total. The minimum Gasteiger partial charge on any atom is -0.504 e. The molecule has 0 radical (unpaired) electrons. The number of ether oxygens (including phenoxy) is 6. The third-order valence-corrected chi connectivity index (χ3v) is 14.4. The minimum absolute atomic E-state index is 0.0203. The van der Waals surface area contributed by atoms with Crippen LogP contribution in [0.4, 0.5) is 0 Å². The second-order valence-corrected chi connectivity index (χ2v) is 16.5. The highest BCUT2D eigenvalue weighted by Gasteiger charge is 2.78. The minimum atomic E-state index is -1.35. The standard InChI is InChI=1S/C39H41N3O11S/c1-15-9-20-24(29(45)30(15)49-6)27-28-34-26-25(33-32(51-14-52-33)16(2)31(26)53-17(3)43)21(41(28)36(46)35-38(20,4)42(27)35)12-50-37(47)39(13-54-34)19-11-23(48-5)22(44)10-18(19)7-8-40-39/h9-11,21,27-28,34-36,40,44-46H,7-8,12-14H2,1-6H3/t21?,27?,28?,34?,35?,36-,38?,39+,42?/m0/s1. The van der Waals surface area contributed by atoms with Crippen LogP contribution in [0.25, 0.3) is 0 Å². The average molecular weight is 760 g/mol. The highest BCUT2D eigenvalue weighted by Crippen LogP contribution is 2.74. The number of esters is 2. The number of nitrogens with one attached hydrogen (secondary N) is 1. The van der Waals surface area contributed by atoms with E-state index in [1.54, 1.807) is 12.1 Å². The van der Waals surface area contributed by atoms with Crippen molar-refractivity contribution in [2.24, 2.45) is 0 Å². The van der Waals surface area contributed by atoms with Gasteiger partial charge in [0.2, 0.25) is 6.79 Å². The Morgan fingerprint density at radius 3 is 2.54 bits per heavy atom. The summed E-state index contributed by atoms with van der Waals surface area (Å²) in [7, 11) is 3.00. The lowest BCUT2D eigenvalue weighted by molar-refractivity contribution is -0.162. The molecule has 7 unspecified atom stereocenters. The molecular weight excluding hydrogens is 719 g/mol. The van der Waals surface area contributed by atoms with E-state index in [-0.39, 0.29) is 42.4 Å². The van der Waals surface area contributed by atoms with Crippen LogP contribution < -0.4 is 29.0 Å². The number of aliphatic hydroxyl groups excluding tert-OH is 1. The molecule has 4 N–H and O–H groups in total. The number of nitrogens with zero attached hydrogens (tertiary/aromatic N) is 2. The SMILES string of the molecule is COc1cc2c(cc1O)CCN[C@]21CSC2c3c(OC(C)=O)c(C)c4c(c3C(COC1=O)N1C2C2c3c(cc(C)c(OC)c3O)C3(C)C([C@@H]1O)N23)OCO4. The summed E-state index contributed by atoms with van der Waals surface area (Å²) < 4.78 is 36.0. The lowest BCUT2D eigenvalue weighted by atomic mass is 9.76. The van der Waals surface area contributed by atoms with Gasteiger partial charge in [0.1, 0.15) is 18.6 Å². The zero-order chi connectivity index (χ0) is 37.7. The topological polar surface area (TPSA) is 168 Å². The first-order chi connectivity index (χ1) is 25.9. The lowest BCUT2D eigenvalue weighted by Crippen LogP contribution is -2.63. The fourth-order valence-corrected chi connectivity index (χ4v) is 12.4. The molecule has 3 fully saturated rings. The average Bonchev–Trinajstić information content (AvgIpc) is 3.39. The molecule has 54 heavy (non-hydrogen) atoms. The number of aliphatic hydroxyl groups is 1. The molecule has 8 heterocycles. The fourth-order valence-electron chi connectivity index (χ4n) is 10.7. The summed E-state index contributed by atoms with van der Waals surface area (Å²) in [6, 6.07) is 3.32. The van der Waals surface area contributed by atoms with E-state index >= 15 is 0 Å². The van der Waals surface area contributed by atoms with Crippen molar-refractivity contribution in [3.05, 3.63) is 62.7 Å². The normalized spacial score (nSPS) is 33.5. The molecule has 3 aromatic carbocycles. The first-order valence-corrected chi connectivity index (χ1v) is 19.2. The van der Waals surface area contributed by atoms with E-state index < -0.39 is 52.6 Å². The van der Waals surface area contributed by atoms with Gasteiger partial charge in [-0.05, 0) is 67.6 Å². The highest BCUT2D eigenvalue weighted by molar-refractivity contribution is 7.99. The molecule has 3 saturated heterocycles. The Morgan fingerprint density at radius 1 is 1.02 bits per heavy atom. The number of methoxy groups -OCH3 is 2. The van der Waals surface area contributed by atoms with Gasteiger partial charge in [-0.2, -0.15) is 0 Å². The zero-order valence-corrected chi connectivity index (χ0v) is 31.5. The number of aryl methyl sites for hydroxylation is 1. The van der Waals surface area contributed by atoms with Crippen LogP contribution in [0.2, 0.25) is 0 Å². The van der Waals surface area contributed by atoms with Crippen molar-refractivity contribution >= 4 is 23.7 Å². The Bertz CT molecular complexity index is 2210. The number of phenols is 2. The van der Waals surface area contributed by atoms with Crippen LogP contribution in [0, 0.1) is 13.8 Å². The van der Waals surface area contributed by atoms with E-state index in [1.807, 2.05) is 18.7 Å². The Balaban J connectivity index is 1.24. The van der Waals surface area contributed by atoms with Crippen LogP contribution >= 0.6 is 11.8 Å². The molecule has 0 aromatic heterocycles. The third kappa shape index (κ3) is 4.06. The summed E-state index contributed by atoms with van der Waals surface area (Å²) in [6.45, 7) is 7.38. The molecule has 2 bridgehead atoms. The Labute approximate surface area is 315 Å². The monoisotopic (exact) mass is 759 g/mol. The predicted octanol–water partition coefficient (Wildman–Crippen LogP) is 3.47. The van der Waals surface area contributed by atoms with Crippen molar-refractivity contribution in [3.8, 4) is 40.2 Å². The van der Waals surface area contributed by atoms with Gasteiger partial charge in [-0.3, -0.25) is 19.9 Å². The Morgan fingerprint density at radius 2 is 1.80 bits per heavy atom. The summed E-state index contributed by atoms with van der Waals surface area (Å²) >= 11 is 1.48. The highest BCUT2D eigenvalue weighted by atomic mass is 32.2. The number of benzene rings is 3. The number of piperazine rings is 1. The van der Waals surface area contributed by atoms with Crippen molar-refractivity contribution < 1.29 is 53.3 Å². The van der Waals surface area contributed by atoms with Crippen molar-refractivity contribution in [2.45, 2.75) is 80.8 Å². The molecule has 0 amide bonds. The second-order valence-electron chi connectivity index (χ2n) is 15.4. The molecule has 1 spiro atoms. The summed E-state index contributed by atoms with van der Waals surface area (Å²) in [6.07, 6.45) is -0.447. The number of hydrogen-bond donors (Lipinski definition) is 4. The number of carbonyl (C=O) groups is 2. The Hall–Kier alpha value is -4.41. The summed E-state index contributed by atoms with van der Waals surface area (Å²) in [4.78, 5) is 31.9. The van der Waals surface area contributed by atoms with Crippen molar-refractivity contribution in [2.75, 3.05) is 39.9 Å². The van der Waals surface area contributed by atoms with Crippen LogP contribution in [0.15, 0.2) is 18.2 Å². The van der Waals surface area contributed by atoms with Gasteiger partial charge in [-0.15, -0.1) is 11.8 Å². The van der Waals surface area contributed by atoms with Gasteiger partial charge in [0.25, 0.3) is 0 Å². The number of phenolic OH excluding ortho intramolecular Hbond substituents is 2. The predicted molar refractivity (Wildman–Crippen MR) is 192 cm³/mol. The number of thioether (sulfide) groups is 1. The van der Waals surface area contributed by atoms with Gasteiger partial charge in [0.15, 0.2) is 40.0 Å². The van der Waals surface area contributed by atoms with E-state index in [0.717, 1.165) is 22.3 Å². The van der Waals surface area contributed by atoms with E-state index in [9.17, 15) is 24.9 Å². The molecular formula is C39H41N3O11S. The van der Waals surface area contributed by atoms with Gasteiger partial charge in [-0.1, -0.05) is 0 Å². The van der Waals surface area contributed by atoms with Crippen molar-refractivity contribution in [3.63, 3.8) is 0 Å². The summed E-state index contributed by atoms with van der Waals surface area (Å²) in [5, 5.41) is 38.2. The molecule has 0 aliphatic carbocycles. The molecule has 9 atom stereocenters. The second kappa shape index (κ2) is 11.3. The van der Waals surface area contributed by atoms with Gasteiger partial charge in [-0.25, -0.2) is 4.79 Å². The van der Waals surface area contributed by atoms with Crippen LogP contribution in [0.1, 0.15) is 75.7 Å². The largest absolute Gasteiger partial charge is 0.504 e. The molecule has 15 heteroatoms. The third-order valence-electron chi connectivity index (χ3n) is 12.9. The van der Waals surface area contributed by atoms with Crippen LogP contribution in [-0.4, -0.2) is 95.3 Å². The summed E-state index contributed by atoms with van der Waals surface area (Å²) in [5.41, 5.74) is 3.84. The molecule has 8 aliphatic rings. The molecule has 284 valence electrons. The van der Waals surface area contributed by atoms with Gasteiger partial charge in [0.05, 0.1) is 43.1 Å². The van der Waals surface area contributed by atoms with Crippen LogP contribution in [0.3, 0.4) is 0 Å².